The van der Waals surface area contributed by atoms with Crippen molar-refractivity contribution in [1.82, 2.24) is 0 Å². The van der Waals surface area contributed by atoms with Crippen molar-refractivity contribution in [3.05, 3.63) is 24.3 Å². The Hall–Kier alpha value is 0.533. The van der Waals surface area contributed by atoms with Gasteiger partial charge in [0.05, 0.1) is 6.61 Å². The van der Waals surface area contributed by atoms with E-state index in [-0.39, 0.29) is 13.2 Å². The van der Waals surface area contributed by atoms with Gasteiger partial charge in [-0.3, -0.25) is 0 Å². The Morgan fingerprint density at radius 1 is 1.57 bits per heavy atom. The predicted octanol–water partition coefficient (Wildman–Crippen LogP) is 1.51. The molecule has 80 valence electrons. The normalized spacial score (nSPS) is 11.1. The number of aliphatic hydroxyl groups excluding tert-OH is 2. The second kappa shape index (κ2) is 10.1. The number of ether oxygens (including phenoxy) is 1. The van der Waals surface area contributed by atoms with Gasteiger partial charge in [-0.05, 0) is 0 Å². The predicted molar refractivity (Wildman–Crippen MR) is 52.3 cm³/mol. The summed E-state index contributed by atoms with van der Waals surface area (Å²) in [7, 11) is 9.87. The molecule has 1 atom stereocenters. The van der Waals surface area contributed by atoms with E-state index in [1.165, 1.54) is 0 Å². The molecule has 3 nitrogen and oxygen atoms in total. The number of hydrogen-bond acceptors (Lipinski definition) is 3. The monoisotopic (exact) mass is 315 g/mol. The van der Waals surface area contributed by atoms with Gasteiger partial charge in [0.2, 0.25) is 0 Å². The average Bonchev–Trinajstić information content (AvgIpc) is 2.68. The van der Waals surface area contributed by atoms with Crippen LogP contribution in [0.3, 0.4) is 0 Å². The third kappa shape index (κ3) is 7.89. The SMILES string of the molecule is OCC(O)COc1ccc[cH-]1.[Cl][Zr][Cl]. The van der Waals surface area contributed by atoms with Crippen molar-refractivity contribution in [2.45, 2.75) is 6.10 Å². The number of hydrogen-bond donors (Lipinski definition) is 2. The van der Waals surface area contributed by atoms with Crippen LogP contribution in [0.2, 0.25) is 0 Å². The quantitative estimate of drug-likeness (QED) is 0.828. The van der Waals surface area contributed by atoms with Gasteiger partial charge < -0.3 is 14.9 Å². The van der Waals surface area contributed by atoms with E-state index >= 15 is 0 Å². The molecule has 0 spiro atoms. The van der Waals surface area contributed by atoms with Crippen molar-refractivity contribution in [1.29, 1.82) is 0 Å². The molecule has 0 saturated carbocycles. The van der Waals surface area contributed by atoms with Crippen LogP contribution in [-0.4, -0.2) is 29.5 Å². The molecule has 0 fully saturated rings. The van der Waals surface area contributed by atoms with Crippen LogP contribution < -0.4 is 4.74 Å². The fraction of sp³-hybridized carbons (Fsp3) is 0.375. The molecule has 1 rings (SSSR count). The molecule has 0 aromatic heterocycles. The van der Waals surface area contributed by atoms with Gasteiger partial charge in [-0.25, -0.2) is 6.07 Å². The van der Waals surface area contributed by atoms with Crippen molar-refractivity contribution < 1.29 is 35.8 Å². The summed E-state index contributed by atoms with van der Waals surface area (Å²) in [5, 5.41) is 17.3. The summed E-state index contributed by atoms with van der Waals surface area (Å²) in [6.45, 7) is -0.124. The molecular weight excluding hydrogens is 306 g/mol. The van der Waals surface area contributed by atoms with Gasteiger partial charge in [0.25, 0.3) is 0 Å². The zero-order valence-corrected chi connectivity index (χ0v) is 11.3. The minimum absolute atomic E-state index is 0.139. The number of aliphatic hydroxyl groups is 2. The van der Waals surface area contributed by atoms with Crippen LogP contribution in [0.5, 0.6) is 5.75 Å². The molecule has 0 heterocycles. The van der Waals surface area contributed by atoms with Crippen LogP contribution in [0.4, 0.5) is 0 Å². The summed E-state index contributed by atoms with van der Waals surface area (Å²) >= 11 is -0.826. The molecule has 1 aromatic rings. The van der Waals surface area contributed by atoms with Gasteiger partial charge in [0, 0.05) is 5.75 Å². The van der Waals surface area contributed by atoms with E-state index in [0.717, 1.165) is 5.75 Å². The van der Waals surface area contributed by atoms with E-state index in [2.05, 4.69) is 0 Å². The first-order valence-corrected chi connectivity index (χ1v) is 10.2. The molecule has 0 bridgehead atoms. The summed E-state index contributed by atoms with van der Waals surface area (Å²) in [6.07, 6.45) is -0.787. The molecule has 0 aliphatic rings. The molecule has 0 aliphatic carbocycles. The van der Waals surface area contributed by atoms with Crippen molar-refractivity contribution in [2.24, 2.45) is 0 Å². The first kappa shape index (κ1) is 14.5. The summed E-state index contributed by atoms with van der Waals surface area (Å²) in [5.41, 5.74) is 0. The Morgan fingerprint density at radius 2 is 2.21 bits per heavy atom. The van der Waals surface area contributed by atoms with Crippen molar-refractivity contribution in [2.75, 3.05) is 13.2 Å². The molecular formula is C8H11Cl2O3Zr-. The molecule has 0 saturated heterocycles. The Balaban J connectivity index is 0.000000500. The van der Waals surface area contributed by atoms with Crippen LogP contribution in [-0.2, 0) is 20.8 Å². The van der Waals surface area contributed by atoms with E-state index in [1.807, 2.05) is 12.1 Å². The van der Waals surface area contributed by atoms with Gasteiger partial charge in [-0.1, -0.05) is 0 Å². The maximum atomic E-state index is 8.88. The maximum absolute atomic E-state index is 8.88. The fourth-order valence-electron chi connectivity index (χ4n) is 0.698. The fourth-order valence-corrected chi connectivity index (χ4v) is 0.698. The van der Waals surface area contributed by atoms with Crippen LogP contribution >= 0.6 is 17.0 Å². The Bertz CT molecular complexity index is 206. The first-order valence-electron chi connectivity index (χ1n) is 3.84. The molecule has 0 radical (unpaired) electrons. The standard InChI is InChI=1S/C8H11O3.2ClH.Zr/c9-5-7(10)6-11-8-3-1-2-4-8;;;/h1-4,7,9-10H,5-6H2;2*1H;/q-1;;;+2/p-2. The molecule has 1 unspecified atom stereocenters. The van der Waals surface area contributed by atoms with E-state index in [1.54, 1.807) is 12.1 Å². The topological polar surface area (TPSA) is 49.7 Å². The van der Waals surface area contributed by atoms with Crippen molar-refractivity contribution >= 4 is 17.0 Å². The van der Waals surface area contributed by atoms with Crippen molar-refractivity contribution in [3.8, 4) is 5.75 Å². The zero-order chi connectivity index (χ0) is 10.8. The van der Waals surface area contributed by atoms with Crippen LogP contribution in [0.15, 0.2) is 24.3 Å². The van der Waals surface area contributed by atoms with Crippen LogP contribution in [0.1, 0.15) is 0 Å². The number of rotatable bonds is 4. The molecule has 0 amide bonds. The van der Waals surface area contributed by atoms with Crippen LogP contribution in [0, 0.1) is 0 Å². The first-order chi connectivity index (χ1) is 6.74. The molecule has 2 N–H and O–H groups in total. The van der Waals surface area contributed by atoms with Gasteiger partial charge in [0.15, 0.2) is 0 Å². The summed E-state index contributed by atoms with van der Waals surface area (Å²) in [5.74, 6) is 0.720. The molecule has 14 heavy (non-hydrogen) atoms. The van der Waals surface area contributed by atoms with Gasteiger partial charge in [-0.15, -0.1) is 6.07 Å². The molecule has 0 aliphatic heterocycles. The van der Waals surface area contributed by atoms with E-state index in [0.29, 0.717) is 0 Å². The Kier molecular flexibility index (Phi) is 10.4. The minimum atomic E-state index is -0.826. The number of halogens is 2. The second-order valence-corrected chi connectivity index (χ2v) is 6.07. The second-order valence-electron chi connectivity index (χ2n) is 2.34. The average molecular weight is 317 g/mol. The summed E-state index contributed by atoms with van der Waals surface area (Å²) in [4.78, 5) is 0. The summed E-state index contributed by atoms with van der Waals surface area (Å²) < 4.78 is 5.09. The van der Waals surface area contributed by atoms with Gasteiger partial charge in [0.1, 0.15) is 12.7 Å². The van der Waals surface area contributed by atoms with Gasteiger partial charge >= 0.3 is 37.9 Å². The van der Waals surface area contributed by atoms with Crippen LogP contribution in [0.25, 0.3) is 0 Å². The Labute approximate surface area is 102 Å². The Morgan fingerprint density at radius 3 is 2.64 bits per heavy atom. The summed E-state index contributed by atoms with van der Waals surface area (Å²) in [6, 6.07) is 7.29. The van der Waals surface area contributed by atoms with E-state index in [9.17, 15) is 0 Å². The third-order valence-corrected chi connectivity index (χ3v) is 1.29. The van der Waals surface area contributed by atoms with Gasteiger partial charge in [-0.2, -0.15) is 12.1 Å². The van der Waals surface area contributed by atoms with Crippen molar-refractivity contribution in [3.63, 3.8) is 0 Å². The van der Waals surface area contributed by atoms with E-state index in [4.69, 9.17) is 32.0 Å². The zero-order valence-electron chi connectivity index (χ0n) is 7.36. The molecule has 1 aromatic carbocycles. The van der Waals surface area contributed by atoms with E-state index < -0.39 is 27.0 Å². The third-order valence-electron chi connectivity index (χ3n) is 1.29. The molecule has 6 heteroatoms.